The van der Waals surface area contributed by atoms with E-state index >= 15 is 0 Å². The molecule has 0 aromatic carbocycles. The number of fused-ring (bicyclic) bond motifs is 5. The number of aliphatic hydroxyl groups excluding tert-OH is 1. The molecule has 0 spiro atoms. The van der Waals surface area contributed by atoms with E-state index in [0.717, 1.165) is 32.1 Å². The average Bonchev–Trinajstić information content (AvgIpc) is 2.72. The summed E-state index contributed by atoms with van der Waals surface area (Å²) in [6.07, 6.45) is 6.30. The van der Waals surface area contributed by atoms with E-state index in [0.29, 0.717) is 30.6 Å². The van der Waals surface area contributed by atoms with Crippen molar-refractivity contribution in [3.05, 3.63) is 11.6 Å². The summed E-state index contributed by atoms with van der Waals surface area (Å²) in [6, 6.07) is 0. The van der Waals surface area contributed by atoms with E-state index < -0.39 is 12.3 Å². The van der Waals surface area contributed by atoms with Crippen LogP contribution in [-0.4, -0.2) is 23.2 Å². The van der Waals surface area contributed by atoms with Crippen LogP contribution in [0.4, 0.5) is 4.39 Å². The van der Waals surface area contributed by atoms with Crippen molar-refractivity contribution < 1.29 is 14.3 Å². The summed E-state index contributed by atoms with van der Waals surface area (Å²) in [4.78, 5) is 11.8. The largest absolute Gasteiger partial charge is 0.390 e. The first kappa shape index (κ1) is 14.9. The molecule has 3 unspecified atom stereocenters. The van der Waals surface area contributed by atoms with Gasteiger partial charge in [0.15, 0.2) is 5.78 Å². The van der Waals surface area contributed by atoms with Crippen LogP contribution in [0.15, 0.2) is 11.6 Å². The monoisotopic (exact) mass is 306 g/mol. The van der Waals surface area contributed by atoms with E-state index in [2.05, 4.69) is 13.8 Å². The Morgan fingerprint density at radius 1 is 1.18 bits per heavy atom. The van der Waals surface area contributed by atoms with E-state index in [1.807, 2.05) is 6.08 Å². The van der Waals surface area contributed by atoms with Gasteiger partial charge in [-0.15, -0.1) is 0 Å². The third-order valence-electron chi connectivity index (χ3n) is 7.90. The molecule has 0 radical (unpaired) electrons. The Morgan fingerprint density at radius 2 is 1.95 bits per heavy atom. The van der Waals surface area contributed by atoms with Crippen LogP contribution in [0, 0.1) is 28.6 Å². The number of hydrogen-bond donors (Lipinski definition) is 1. The van der Waals surface area contributed by atoms with Crippen LogP contribution in [0.2, 0.25) is 0 Å². The van der Waals surface area contributed by atoms with Gasteiger partial charge in [0.25, 0.3) is 0 Å². The number of halogens is 1. The summed E-state index contributed by atoms with van der Waals surface area (Å²) >= 11 is 0. The molecular weight excluding hydrogens is 279 g/mol. The minimum Gasteiger partial charge on any atom is -0.390 e. The molecule has 0 bridgehead atoms. The van der Waals surface area contributed by atoms with Crippen LogP contribution in [0.1, 0.15) is 58.8 Å². The number of carbonyl (C=O) groups is 1. The topological polar surface area (TPSA) is 37.3 Å². The molecule has 3 saturated carbocycles. The quantitative estimate of drug-likeness (QED) is 0.738. The van der Waals surface area contributed by atoms with Crippen LogP contribution in [0.25, 0.3) is 0 Å². The van der Waals surface area contributed by atoms with E-state index in [4.69, 9.17) is 0 Å². The molecule has 2 nitrogen and oxygen atoms in total. The summed E-state index contributed by atoms with van der Waals surface area (Å²) in [5.74, 6) is 1.68. The van der Waals surface area contributed by atoms with Crippen LogP contribution < -0.4 is 0 Å². The standard InChI is InChI=1S/C19H27FO2/c1-18-7-5-12(21)9-11(18)3-4-13-14(18)6-8-19(2)15(13)10-16(20)17(19)22/h9,13-17,22H,3-8,10H2,1-2H3/t13?,14?,15?,16-,17-,18-,19-/m0/s1. The molecule has 3 heteroatoms. The molecule has 4 aliphatic rings. The summed E-state index contributed by atoms with van der Waals surface area (Å²) in [5, 5.41) is 10.3. The smallest absolute Gasteiger partial charge is 0.155 e. The Kier molecular flexibility index (Phi) is 3.15. The lowest BCUT2D eigenvalue weighted by Gasteiger charge is -2.57. The second-order valence-electron chi connectivity index (χ2n) is 8.71. The lowest BCUT2D eigenvalue weighted by atomic mass is 9.47. The minimum atomic E-state index is -1.05. The fraction of sp³-hybridized carbons (Fsp3) is 0.842. The van der Waals surface area contributed by atoms with E-state index in [-0.39, 0.29) is 16.6 Å². The molecule has 0 aromatic heterocycles. The zero-order valence-corrected chi connectivity index (χ0v) is 13.6. The molecular formula is C19H27FO2. The number of hydrogen-bond acceptors (Lipinski definition) is 2. The van der Waals surface area contributed by atoms with Gasteiger partial charge in [-0.1, -0.05) is 19.4 Å². The Labute approximate surface area is 132 Å². The third kappa shape index (κ3) is 1.78. The molecule has 4 aliphatic carbocycles. The van der Waals surface area contributed by atoms with Gasteiger partial charge >= 0.3 is 0 Å². The predicted molar refractivity (Wildman–Crippen MR) is 83.0 cm³/mol. The Morgan fingerprint density at radius 3 is 2.73 bits per heavy atom. The molecule has 22 heavy (non-hydrogen) atoms. The fourth-order valence-corrected chi connectivity index (χ4v) is 6.50. The Balaban J connectivity index is 1.69. The van der Waals surface area contributed by atoms with Gasteiger partial charge < -0.3 is 5.11 Å². The molecule has 122 valence electrons. The second-order valence-corrected chi connectivity index (χ2v) is 8.71. The molecule has 0 heterocycles. The molecule has 0 amide bonds. The lowest BCUT2D eigenvalue weighted by Crippen LogP contribution is -2.51. The van der Waals surface area contributed by atoms with E-state index in [1.54, 1.807) is 0 Å². The molecule has 0 saturated heterocycles. The van der Waals surface area contributed by atoms with Crippen LogP contribution in [0.3, 0.4) is 0 Å². The van der Waals surface area contributed by atoms with Crippen LogP contribution in [-0.2, 0) is 4.79 Å². The molecule has 0 aromatic rings. The third-order valence-corrected chi connectivity index (χ3v) is 7.90. The van der Waals surface area contributed by atoms with Gasteiger partial charge in [0.1, 0.15) is 6.17 Å². The normalized spacial score (nSPS) is 54.3. The Hall–Kier alpha value is -0.700. The fourth-order valence-electron chi connectivity index (χ4n) is 6.50. The number of aliphatic hydroxyl groups is 1. The van der Waals surface area contributed by atoms with Crippen molar-refractivity contribution in [3.8, 4) is 0 Å². The molecule has 4 rings (SSSR count). The van der Waals surface area contributed by atoms with Crippen molar-refractivity contribution in [3.63, 3.8) is 0 Å². The highest BCUT2D eigenvalue weighted by Gasteiger charge is 2.61. The second kappa shape index (κ2) is 4.66. The predicted octanol–water partition coefficient (Wildman–Crippen LogP) is 3.83. The number of allylic oxidation sites excluding steroid dienone is 1. The van der Waals surface area contributed by atoms with Crippen molar-refractivity contribution in [2.24, 2.45) is 28.6 Å². The lowest BCUT2D eigenvalue weighted by molar-refractivity contribution is -0.118. The Bertz CT molecular complexity index is 542. The zero-order valence-electron chi connectivity index (χ0n) is 13.6. The van der Waals surface area contributed by atoms with Gasteiger partial charge in [-0.3, -0.25) is 4.79 Å². The molecule has 3 fully saturated rings. The van der Waals surface area contributed by atoms with Crippen LogP contribution >= 0.6 is 0 Å². The van der Waals surface area contributed by atoms with Gasteiger partial charge in [0, 0.05) is 6.42 Å². The van der Waals surface area contributed by atoms with E-state index in [9.17, 15) is 14.3 Å². The highest BCUT2D eigenvalue weighted by Crippen LogP contribution is 2.65. The van der Waals surface area contributed by atoms with Crippen molar-refractivity contribution in [1.82, 2.24) is 0 Å². The molecule has 7 atom stereocenters. The summed E-state index contributed by atoms with van der Waals surface area (Å²) in [7, 11) is 0. The van der Waals surface area contributed by atoms with E-state index in [1.165, 1.54) is 5.57 Å². The van der Waals surface area contributed by atoms with Crippen LogP contribution in [0.5, 0.6) is 0 Å². The minimum absolute atomic E-state index is 0.136. The summed E-state index contributed by atoms with van der Waals surface area (Å²) < 4.78 is 14.2. The highest BCUT2D eigenvalue weighted by atomic mass is 19.1. The SMILES string of the molecule is C[C@]12CCC(=O)C=C1CCC1C2CC[C@@]2(C)C1C[C@H](F)[C@@H]2O. The maximum absolute atomic E-state index is 14.2. The maximum Gasteiger partial charge on any atom is 0.155 e. The van der Waals surface area contributed by atoms with Gasteiger partial charge in [0.05, 0.1) is 6.10 Å². The number of carbonyl (C=O) groups excluding carboxylic acids is 1. The molecule has 0 aliphatic heterocycles. The summed E-state index contributed by atoms with van der Waals surface area (Å²) in [6.45, 7) is 4.44. The number of rotatable bonds is 0. The van der Waals surface area contributed by atoms with Crippen molar-refractivity contribution >= 4 is 5.78 Å². The van der Waals surface area contributed by atoms with Crippen molar-refractivity contribution in [2.75, 3.05) is 0 Å². The maximum atomic E-state index is 14.2. The first-order chi connectivity index (χ1) is 10.4. The average molecular weight is 306 g/mol. The number of alkyl halides is 1. The van der Waals surface area contributed by atoms with Crippen molar-refractivity contribution in [1.29, 1.82) is 0 Å². The zero-order chi connectivity index (χ0) is 15.7. The highest BCUT2D eigenvalue weighted by molar-refractivity contribution is 5.91. The van der Waals surface area contributed by atoms with Gasteiger partial charge in [0.2, 0.25) is 0 Å². The first-order valence-corrected chi connectivity index (χ1v) is 8.92. The number of ketones is 1. The first-order valence-electron chi connectivity index (χ1n) is 8.92. The van der Waals surface area contributed by atoms with Gasteiger partial charge in [-0.2, -0.15) is 0 Å². The molecule has 1 N–H and O–H groups in total. The van der Waals surface area contributed by atoms with Gasteiger partial charge in [-0.05, 0) is 73.2 Å². The van der Waals surface area contributed by atoms with Crippen molar-refractivity contribution in [2.45, 2.75) is 71.1 Å². The van der Waals surface area contributed by atoms with Gasteiger partial charge in [-0.25, -0.2) is 4.39 Å². The summed E-state index contributed by atoms with van der Waals surface area (Å²) in [5.41, 5.74) is 1.25.